The normalized spacial score (nSPS) is 21.3. The maximum absolute atomic E-state index is 12.0. The SMILES string of the molecule is O=C(NC[C@H]1CCCO1)Nc1cccc2c1CCCC2. The molecule has 0 radical (unpaired) electrons. The van der Waals surface area contributed by atoms with Gasteiger partial charge in [-0.25, -0.2) is 4.79 Å². The maximum atomic E-state index is 12.0. The van der Waals surface area contributed by atoms with Gasteiger partial charge in [-0.2, -0.15) is 0 Å². The molecule has 3 rings (SSSR count). The van der Waals surface area contributed by atoms with Crippen molar-refractivity contribution in [3.63, 3.8) is 0 Å². The second-order valence-electron chi connectivity index (χ2n) is 5.62. The van der Waals surface area contributed by atoms with Crippen molar-refractivity contribution >= 4 is 11.7 Å². The van der Waals surface area contributed by atoms with E-state index in [0.29, 0.717) is 6.54 Å². The number of urea groups is 1. The maximum Gasteiger partial charge on any atom is 0.319 e. The van der Waals surface area contributed by atoms with Crippen LogP contribution in [0, 0.1) is 0 Å². The lowest BCUT2D eigenvalue weighted by Crippen LogP contribution is -2.35. The van der Waals surface area contributed by atoms with E-state index >= 15 is 0 Å². The molecule has 1 saturated heterocycles. The summed E-state index contributed by atoms with van der Waals surface area (Å²) in [7, 11) is 0. The van der Waals surface area contributed by atoms with Gasteiger partial charge in [0.05, 0.1) is 6.10 Å². The van der Waals surface area contributed by atoms with Crippen molar-refractivity contribution in [3.05, 3.63) is 29.3 Å². The Bertz CT molecular complexity index is 481. The number of carbonyl (C=O) groups is 1. The number of rotatable bonds is 3. The van der Waals surface area contributed by atoms with E-state index in [1.807, 2.05) is 12.1 Å². The molecule has 1 aromatic rings. The minimum absolute atomic E-state index is 0.125. The molecule has 1 aromatic carbocycles. The summed E-state index contributed by atoms with van der Waals surface area (Å²) < 4.78 is 5.50. The van der Waals surface area contributed by atoms with E-state index < -0.39 is 0 Å². The van der Waals surface area contributed by atoms with Gasteiger partial charge in [-0.05, 0) is 55.7 Å². The van der Waals surface area contributed by atoms with Crippen molar-refractivity contribution in [3.8, 4) is 0 Å². The molecule has 0 bridgehead atoms. The summed E-state index contributed by atoms with van der Waals surface area (Å²) in [6, 6.07) is 6.07. The molecule has 1 aliphatic heterocycles. The van der Waals surface area contributed by atoms with Crippen molar-refractivity contribution in [2.45, 2.75) is 44.6 Å². The smallest absolute Gasteiger partial charge is 0.319 e. The highest BCUT2D eigenvalue weighted by Gasteiger charge is 2.17. The first-order valence-electron chi connectivity index (χ1n) is 7.60. The molecule has 20 heavy (non-hydrogen) atoms. The Morgan fingerprint density at radius 2 is 2.15 bits per heavy atom. The summed E-state index contributed by atoms with van der Waals surface area (Å²) in [4.78, 5) is 12.0. The molecule has 1 aliphatic carbocycles. The summed E-state index contributed by atoms with van der Waals surface area (Å²) in [6.07, 6.45) is 6.98. The van der Waals surface area contributed by atoms with Crippen molar-refractivity contribution < 1.29 is 9.53 Å². The zero-order chi connectivity index (χ0) is 13.8. The zero-order valence-electron chi connectivity index (χ0n) is 11.8. The summed E-state index contributed by atoms with van der Waals surface area (Å²) in [5, 5.41) is 5.89. The fraction of sp³-hybridized carbons (Fsp3) is 0.562. The molecule has 2 aliphatic rings. The predicted molar refractivity (Wildman–Crippen MR) is 79.1 cm³/mol. The van der Waals surface area contributed by atoms with Gasteiger partial charge >= 0.3 is 6.03 Å². The second-order valence-corrected chi connectivity index (χ2v) is 5.62. The van der Waals surface area contributed by atoms with E-state index in [9.17, 15) is 4.79 Å². The number of anilines is 1. The molecule has 2 N–H and O–H groups in total. The third-order valence-corrected chi connectivity index (χ3v) is 4.16. The first-order valence-corrected chi connectivity index (χ1v) is 7.60. The molecule has 1 atom stereocenters. The van der Waals surface area contributed by atoms with Crippen molar-refractivity contribution in [1.29, 1.82) is 0 Å². The van der Waals surface area contributed by atoms with E-state index in [1.165, 1.54) is 24.0 Å². The van der Waals surface area contributed by atoms with Gasteiger partial charge in [0, 0.05) is 18.8 Å². The number of amides is 2. The van der Waals surface area contributed by atoms with Gasteiger partial charge in [-0.15, -0.1) is 0 Å². The second kappa shape index (κ2) is 6.27. The highest BCUT2D eigenvalue weighted by atomic mass is 16.5. The zero-order valence-corrected chi connectivity index (χ0v) is 11.8. The molecule has 1 heterocycles. The minimum Gasteiger partial charge on any atom is -0.376 e. The largest absolute Gasteiger partial charge is 0.376 e. The van der Waals surface area contributed by atoms with Crippen molar-refractivity contribution in [2.75, 3.05) is 18.5 Å². The van der Waals surface area contributed by atoms with Crippen LogP contribution in [0.25, 0.3) is 0 Å². The molecular formula is C16H22N2O2. The Morgan fingerprint density at radius 1 is 1.25 bits per heavy atom. The average molecular weight is 274 g/mol. The lowest BCUT2D eigenvalue weighted by molar-refractivity contribution is 0.112. The number of hydrogen-bond donors (Lipinski definition) is 2. The van der Waals surface area contributed by atoms with Crippen molar-refractivity contribution in [2.24, 2.45) is 0 Å². The van der Waals surface area contributed by atoms with Crippen LogP contribution in [-0.2, 0) is 17.6 Å². The first-order chi connectivity index (χ1) is 9.83. The summed E-state index contributed by atoms with van der Waals surface area (Å²) >= 11 is 0. The Morgan fingerprint density at radius 3 is 3.00 bits per heavy atom. The predicted octanol–water partition coefficient (Wildman–Crippen LogP) is 2.87. The van der Waals surface area contributed by atoms with Crippen LogP contribution < -0.4 is 10.6 Å². The molecule has 1 fully saturated rings. The van der Waals surface area contributed by atoms with Crippen molar-refractivity contribution in [1.82, 2.24) is 5.32 Å². The summed E-state index contributed by atoms with van der Waals surface area (Å²) in [6.45, 7) is 1.42. The Hall–Kier alpha value is -1.55. The standard InChI is InChI=1S/C16H22N2O2/c19-16(17-11-13-7-4-10-20-13)18-15-9-3-6-12-5-1-2-8-14(12)15/h3,6,9,13H,1-2,4-5,7-8,10-11H2,(H2,17,18,19)/t13-/m1/s1. The highest BCUT2D eigenvalue weighted by molar-refractivity contribution is 5.90. The number of ether oxygens (including phenoxy) is 1. The third-order valence-electron chi connectivity index (χ3n) is 4.16. The quantitative estimate of drug-likeness (QED) is 0.890. The number of hydrogen-bond acceptors (Lipinski definition) is 2. The van der Waals surface area contributed by atoms with Gasteiger partial charge in [-0.1, -0.05) is 12.1 Å². The monoisotopic (exact) mass is 274 g/mol. The fourth-order valence-electron chi connectivity index (χ4n) is 3.08. The van der Waals surface area contributed by atoms with Crippen LogP contribution in [0.5, 0.6) is 0 Å². The Balaban J connectivity index is 1.58. The lowest BCUT2D eigenvalue weighted by atomic mass is 9.90. The van der Waals surface area contributed by atoms with E-state index in [0.717, 1.165) is 38.0 Å². The molecule has 0 saturated carbocycles. The van der Waals surface area contributed by atoms with Gasteiger partial charge in [0.25, 0.3) is 0 Å². The summed E-state index contributed by atoms with van der Waals surface area (Å²) in [5.41, 5.74) is 3.66. The van der Waals surface area contributed by atoms with Gasteiger partial charge in [0.15, 0.2) is 0 Å². The van der Waals surface area contributed by atoms with Gasteiger partial charge < -0.3 is 15.4 Å². The van der Waals surface area contributed by atoms with Crippen LogP contribution in [0.4, 0.5) is 10.5 Å². The number of benzene rings is 1. The number of aryl methyl sites for hydroxylation is 1. The molecule has 2 amide bonds. The number of fused-ring (bicyclic) bond motifs is 1. The van der Waals surface area contributed by atoms with E-state index in [4.69, 9.17) is 4.74 Å². The third kappa shape index (κ3) is 3.12. The topological polar surface area (TPSA) is 50.4 Å². The van der Waals surface area contributed by atoms with Gasteiger partial charge in [0.2, 0.25) is 0 Å². The van der Waals surface area contributed by atoms with E-state index in [-0.39, 0.29) is 12.1 Å². The molecule has 4 nitrogen and oxygen atoms in total. The van der Waals surface area contributed by atoms with Crippen LogP contribution in [0.15, 0.2) is 18.2 Å². The average Bonchev–Trinajstić information content (AvgIpc) is 2.99. The van der Waals surface area contributed by atoms with Crippen LogP contribution in [0.1, 0.15) is 36.8 Å². The summed E-state index contributed by atoms with van der Waals surface area (Å²) in [5.74, 6) is 0. The Labute approximate surface area is 119 Å². The van der Waals surface area contributed by atoms with Crippen LogP contribution in [-0.4, -0.2) is 25.3 Å². The number of carbonyl (C=O) groups excluding carboxylic acids is 1. The van der Waals surface area contributed by atoms with E-state index in [1.54, 1.807) is 0 Å². The number of nitrogens with one attached hydrogen (secondary N) is 2. The van der Waals surface area contributed by atoms with Crippen LogP contribution in [0.3, 0.4) is 0 Å². The van der Waals surface area contributed by atoms with Crippen LogP contribution >= 0.6 is 0 Å². The highest BCUT2D eigenvalue weighted by Crippen LogP contribution is 2.27. The fourth-order valence-corrected chi connectivity index (χ4v) is 3.08. The molecule has 108 valence electrons. The van der Waals surface area contributed by atoms with Crippen LogP contribution in [0.2, 0.25) is 0 Å². The molecular weight excluding hydrogens is 252 g/mol. The van der Waals surface area contributed by atoms with E-state index in [2.05, 4.69) is 16.7 Å². The molecule has 0 unspecified atom stereocenters. The minimum atomic E-state index is -0.125. The van der Waals surface area contributed by atoms with Gasteiger partial charge in [-0.3, -0.25) is 0 Å². The molecule has 0 aromatic heterocycles. The lowest BCUT2D eigenvalue weighted by Gasteiger charge is -2.20. The molecule has 4 heteroatoms. The Kier molecular flexibility index (Phi) is 4.21. The first kappa shape index (κ1) is 13.4. The van der Waals surface area contributed by atoms with Gasteiger partial charge in [0.1, 0.15) is 0 Å². The molecule has 0 spiro atoms.